The number of aryl methyl sites for hydroxylation is 1. The van der Waals surface area contributed by atoms with Crippen LogP contribution in [0.4, 0.5) is 0 Å². The largest absolute Gasteiger partial charge is 0.296 e. The maximum atomic E-state index is 11.0. The van der Waals surface area contributed by atoms with Crippen LogP contribution in [0.15, 0.2) is 11.1 Å². The van der Waals surface area contributed by atoms with Gasteiger partial charge >= 0.3 is 0 Å². The van der Waals surface area contributed by atoms with Crippen LogP contribution in [0.2, 0.25) is 0 Å². The Morgan fingerprint density at radius 3 is 3.07 bits per heavy atom. The highest BCUT2D eigenvalue weighted by Gasteiger charge is 2.07. The van der Waals surface area contributed by atoms with E-state index in [1.807, 2.05) is 0 Å². The Labute approximate surface area is 83.4 Å². The summed E-state index contributed by atoms with van der Waals surface area (Å²) in [6.45, 7) is 5.32. The van der Waals surface area contributed by atoms with Crippen molar-refractivity contribution in [2.24, 2.45) is 4.99 Å². The molecule has 0 radical (unpaired) electrons. The van der Waals surface area contributed by atoms with Gasteiger partial charge in [0.1, 0.15) is 0 Å². The molecule has 0 saturated heterocycles. The van der Waals surface area contributed by atoms with Crippen molar-refractivity contribution >= 4 is 12.6 Å². The number of nitrogens with zero attached hydrogens (tertiary/aromatic N) is 2. The Morgan fingerprint density at radius 1 is 1.64 bits per heavy atom. The second-order valence-corrected chi connectivity index (χ2v) is 3.20. The van der Waals surface area contributed by atoms with Crippen molar-refractivity contribution in [2.45, 2.75) is 32.6 Å². The van der Waals surface area contributed by atoms with Crippen LogP contribution in [0.5, 0.6) is 0 Å². The summed E-state index contributed by atoms with van der Waals surface area (Å²) >= 11 is 0. The number of H-pyrrole nitrogens is 1. The van der Waals surface area contributed by atoms with Gasteiger partial charge in [-0.25, -0.2) is 4.99 Å². The van der Waals surface area contributed by atoms with Crippen molar-refractivity contribution < 1.29 is 4.79 Å². The number of unbranched alkanes of at least 4 members (excludes halogenated alkanes) is 2. The van der Waals surface area contributed by atoms with E-state index in [-0.39, 0.29) is 5.91 Å². The molecule has 4 heteroatoms. The van der Waals surface area contributed by atoms with E-state index in [0.29, 0.717) is 5.69 Å². The fourth-order valence-electron chi connectivity index (χ4n) is 1.25. The molecule has 76 valence electrons. The van der Waals surface area contributed by atoms with Crippen LogP contribution < -0.4 is 0 Å². The molecule has 0 aromatic carbocycles. The topological polar surface area (TPSA) is 58.1 Å². The van der Waals surface area contributed by atoms with Gasteiger partial charge in [0.15, 0.2) is 5.69 Å². The quantitative estimate of drug-likeness (QED) is 0.574. The molecule has 0 saturated carbocycles. The number of aromatic amines is 1. The second kappa shape index (κ2) is 5.32. The molecule has 1 amide bonds. The molecule has 0 aliphatic heterocycles. The van der Waals surface area contributed by atoms with E-state index < -0.39 is 0 Å². The van der Waals surface area contributed by atoms with Crippen LogP contribution in [-0.4, -0.2) is 22.8 Å². The Bertz CT molecular complexity index is 317. The maximum Gasteiger partial charge on any atom is 0.296 e. The third-order valence-corrected chi connectivity index (χ3v) is 2.04. The van der Waals surface area contributed by atoms with Crippen molar-refractivity contribution in [3.8, 4) is 0 Å². The molecule has 1 N–H and O–H groups in total. The first-order valence-corrected chi connectivity index (χ1v) is 4.83. The van der Waals surface area contributed by atoms with Gasteiger partial charge in [0.05, 0.1) is 0 Å². The summed E-state index contributed by atoms with van der Waals surface area (Å²) in [7, 11) is 0. The lowest BCUT2D eigenvalue weighted by molar-refractivity contribution is 0.0999. The molecular formula is C10H15N3O. The van der Waals surface area contributed by atoms with E-state index in [1.165, 1.54) is 12.8 Å². The average Bonchev–Trinajstić information content (AvgIpc) is 2.66. The average molecular weight is 193 g/mol. The monoisotopic (exact) mass is 193 g/mol. The maximum absolute atomic E-state index is 11.0. The smallest absolute Gasteiger partial charge is 0.282 e. The number of aromatic nitrogens is 2. The number of aliphatic imine (C=N–C) groups is 1. The van der Waals surface area contributed by atoms with E-state index in [0.717, 1.165) is 18.5 Å². The van der Waals surface area contributed by atoms with Gasteiger partial charge < -0.3 is 0 Å². The highest BCUT2D eigenvalue weighted by Crippen LogP contribution is 2.06. The van der Waals surface area contributed by atoms with Crippen molar-refractivity contribution in [3.05, 3.63) is 17.5 Å². The highest BCUT2D eigenvalue weighted by atomic mass is 16.1. The molecule has 1 aromatic rings. The third kappa shape index (κ3) is 2.80. The lowest BCUT2D eigenvalue weighted by Gasteiger charge is -1.93. The summed E-state index contributed by atoms with van der Waals surface area (Å²) in [5.41, 5.74) is 1.34. The third-order valence-electron chi connectivity index (χ3n) is 2.04. The Morgan fingerprint density at radius 2 is 2.43 bits per heavy atom. The van der Waals surface area contributed by atoms with Gasteiger partial charge in [-0.2, -0.15) is 5.10 Å². The zero-order valence-electron chi connectivity index (χ0n) is 8.42. The number of carbonyl (C=O) groups is 1. The molecular weight excluding hydrogens is 178 g/mol. The summed E-state index contributed by atoms with van der Waals surface area (Å²) < 4.78 is 0. The fourth-order valence-corrected chi connectivity index (χ4v) is 1.25. The molecule has 0 bridgehead atoms. The van der Waals surface area contributed by atoms with Gasteiger partial charge in [0.25, 0.3) is 5.91 Å². The number of hydrogen-bond donors (Lipinski definition) is 1. The number of nitrogens with one attached hydrogen (secondary N) is 1. The van der Waals surface area contributed by atoms with Crippen molar-refractivity contribution in [1.29, 1.82) is 0 Å². The Balaban J connectivity index is 2.50. The molecule has 0 fully saturated rings. The number of hydrogen-bond acceptors (Lipinski definition) is 2. The summed E-state index contributed by atoms with van der Waals surface area (Å²) in [5.74, 6) is -0.372. The standard InChI is InChI=1S/C10H15N3O/c1-3-4-5-6-8-7-9(13-12-8)10(14)11-2/h7H,2-6H2,1H3,(H,12,13). The van der Waals surface area contributed by atoms with Gasteiger partial charge in [-0.15, -0.1) is 0 Å². The summed E-state index contributed by atoms with van der Waals surface area (Å²) in [4.78, 5) is 14.3. The van der Waals surface area contributed by atoms with Crippen molar-refractivity contribution in [1.82, 2.24) is 10.2 Å². The highest BCUT2D eigenvalue weighted by molar-refractivity contribution is 5.95. The fraction of sp³-hybridized carbons (Fsp3) is 0.500. The zero-order chi connectivity index (χ0) is 10.4. The van der Waals surface area contributed by atoms with E-state index in [1.54, 1.807) is 6.07 Å². The molecule has 0 atom stereocenters. The van der Waals surface area contributed by atoms with Crippen LogP contribution in [0.25, 0.3) is 0 Å². The summed E-state index contributed by atoms with van der Waals surface area (Å²) in [6, 6.07) is 1.74. The molecule has 1 aromatic heterocycles. The SMILES string of the molecule is C=NC(=O)c1cc(CCCCC)[nH]n1. The molecule has 14 heavy (non-hydrogen) atoms. The first kappa shape index (κ1) is 10.6. The van der Waals surface area contributed by atoms with Crippen molar-refractivity contribution in [3.63, 3.8) is 0 Å². The summed E-state index contributed by atoms with van der Waals surface area (Å²) in [6.07, 6.45) is 4.44. The normalized spacial score (nSPS) is 10.1. The first-order chi connectivity index (χ1) is 6.77. The number of carbonyl (C=O) groups excluding carboxylic acids is 1. The zero-order valence-corrected chi connectivity index (χ0v) is 8.42. The molecule has 4 nitrogen and oxygen atoms in total. The van der Waals surface area contributed by atoms with E-state index in [2.05, 4.69) is 28.8 Å². The Hall–Kier alpha value is -1.45. The van der Waals surface area contributed by atoms with Crippen molar-refractivity contribution in [2.75, 3.05) is 0 Å². The van der Waals surface area contributed by atoms with Gasteiger partial charge in [-0.1, -0.05) is 19.8 Å². The van der Waals surface area contributed by atoms with Gasteiger partial charge in [0, 0.05) is 5.69 Å². The number of rotatable bonds is 5. The lowest BCUT2D eigenvalue weighted by atomic mass is 10.1. The van der Waals surface area contributed by atoms with Gasteiger partial charge in [0.2, 0.25) is 0 Å². The van der Waals surface area contributed by atoms with Gasteiger partial charge in [-0.05, 0) is 25.6 Å². The van der Waals surface area contributed by atoms with Crippen LogP contribution in [0, 0.1) is 0 Å². The molecule has 0 spiro atoms. The minimum Gasteiger partial charge on any atom is -0.282 e. The second-order valence-electron chi connectivity index (χ2n) is 3.20. The lowest BCUT2D eigenvalue weighted by Crippen LogP contribution is -1.93. The first-order valence-electron chi connectivity index (χ1n) is 4.83. The van der Waals surface area contributed by atoms with E-state index in [4.69, 9.17) is 0 Å². The predicted molar refractivity (Wildman–Crippen MR) is 55.7 cm³/mol. The van der Waals surface area contributed by atoms with Crippen LogP contribution >= 0.6 is 0 Å². The van der Waals surface area contributed by atoms with Crippen LogP contribution in [0.3, 0.4) is 0 Å². The Kier molecular flexibility index (Phi) is 4.04. The minimum absolute atomic E-state index is 0.353. The summed E-state index contributed by atoms with van der Waals surface area (Å²) in [5, 5.41) is 6.68. The van der Waals surface area contributed by atoms with E-state index >= 15 is 0 Å². The van der Waals surface area contributed by atoms with Crippen LogP contribution in [-0.2, 0) is 6.42 Å². The molecule has 0 aliphatic rings. The molecule has 0 aliphatic carbocycles. The van der Waals surface area contributed by atoms with Crippen LogP contribution in [0.1, 0.15) is 42.4 Å². The number of amides is 1. The van der Waals surface area contributed by atoms with E-state index in [9.17, 15) is 4.79 Å². The molecule has 1 rings (SSSR count). The van der Waals surface area contributed by atoms with Gasteiger partial charge in [-0.3, -0.25) is 9.89 Å². The molecule has 0 unspecified atom stereocenters. The molecule has 1 heterocycles. The minimum atomic E-state index is -0.372. The predicted octanol–water partition coefficient (Wildman–Crippen LogP) is 1.98.